The number of nitrogens with zero attached hydrogens (tertiary/aromatic N) is 2. The van der Waals surface area contributed by atoms with Crippen molar-refractivity contribution in [2.45, 2.75) is 6.42 Å². The lowest BCUT2D eigenvalue weighted by atomic mass is 9.92. The van der Waals surface area contributed by atoms with Gasteiger partial charge in [-0.05, 0) is 30.0 Å². The van der Waals surface area contributed by atoms with Gasteiger partial charge in [-0.1, -0.05) is 34.1 Å². The highest BCUT2D eigenvalue weighted by atomic mass is 79.9. The van der Waals surface area contributed by atoms with Crippen LogP contribution in [0.1, 0.15) is 5.56 Å². The molecule has 1 aliphatic rings. The van der Waals surface area contributed by atoms with Gasteiger partial charge in [0.2, 0.25) is 0 Å². The lowest BCUT2D eigenvalue weighted by Crippen LogP contribution is -2.52. The summed E-state index contributed by atoms with van der Waals surface area (Å²) in [6, 6.07) is 9.27. The highest BCUT2D eigenvalue weighted by Crippen LogP contribution is 2.25. The molecule has 114 valence electrons. The number of halogens is 2. The van der Waals surface area contributed by atoms with Crippen molar-refractivity contribution in [2.24, 2.45) is 5.92 Å². The summed E-state index contributed by atoms with van der Waals surface area (Å²) in [5, 5.41) is 2.57. The van der Waals surface area contributed by atoms with Crippen molar-refractivity contribution >= 4 is 27.6 Å². The van der Waals surface area contributed by atoms with Gasteiger partial charge in [0.25, 0.3) is 0 Å². The number of aromatic nitrogens is 1. The van der Waals surface area contributed by atoms with Gasteiger partial charge in [-0.3, -0.25) is 4.98 Å². The number of rotatable bonds is 3. The van der Waals surface area contributed by atoms with E-state index in [0.29, 0.717) is 19.0 Å². The highest BCUT2D eigenvalue weighted by Gasteiger charge is 2.31. The van der Waals surface area contributed by atoms with Gasteiger partial charge in [0.05, 0.1) is 11.9 Å². The summed E-state index contributed by atoms with van der Waals surface area (Å²) in [4.78, 5) is 17.4. The smallest absolute Gasteiger partial charge is 0.321 e. The van der Waals surface area contributed by atoms with E-state index < -0.39 is 5.82 Å². The summed E-state index contributed by atoms with van der Waals surface area (Å²) in [7, 11) is 0. The Morgan fingerprint density at radius 3 is 2.86 bits per heavy atom. The van der Waals surface area contributed by atoms with Crippen LogP contribution in [0, 0.1) is 11.7 Å². The molecule has 1 saturated heterocycles. The Morgan fingerprint density at radius 2 is 2.14 bits per heavy atom. The average Bonchev–Trinajstić information content (AvgIpc) is 2.46. The zero-order chi connectivity index (χ0) is 15.5. The zero-order valence-electron chi connectivity index (χ0n) is 11.8. The Kier molecular flexibility index (Phi) is 4.38. The van der Waals surface area contributed by atoms with Crippen LogP contribution in [0.4, 0.5) is 14.9 Å². The summed E-state index contributed by atoms with van der Waals surface area (Å²) in [6.07, 6.45) is 3.46. The first-order valence-electron chi connectivity index (χ1n) is 7.02. The first kappa shape index (κ1) is 15.0. The second-order valence-corrected chi connectivity index (χ2v) is 6.21. The predicted octanol–water partition coefficient (Wildman–Crippen LogP) is 3.69. The molecule has 1 fully saturated rings. The van der Waals surface area contributed by atoms with Crippen molar-refractivity contribution in [1.82, 2.24) is 9.88 Å². The number of hydrogen-bond donors (Lipinski definition) is 1. The normalized spacial score (nSPS) is 14.5. The molecule has 0 aliphatic carbocycles. The number of benzene rings is 1. The third-order valence-corrected chi connectivity index (χ3v) is 4.50. The maximum atomic E-state index is 13.4. The Labute approximate surface area is 136 Å². The summed E-state index contributed by atoms with van der Waals surface area (Å²) in [5.41, 5.74) is 1.40. The maximum absolute atomic E-state index is 13.4. The average molecular weight is 364 g/mol. The van der Waals surface area contributed by atoms with Gasteiger partial charge in [0.15, 0.2) is 5.82 Å². The first-order valence-corrected chi connectivity index (χ1v) is 7.81. The number of amides is 2. The molecular formula is C16H15BrFN3O. The van der Waals surface area contributed by atoms with Gasteiger partial charge >= 0.3 is 6.03 Å². The Balaban J connectivity index is 1.52. The van der Waals surface area contributed by atoms with E-state index in [0.717, 1.165) is 17.1 Å². The van der Waals surface area contributed by atoms with Gasteiger partial charge in [-0.25, -0.2) is 9.18 Å². The molecule has 0 unspecified atom stereocenters. The molecule has 0 radical (unpaired) electrons. The minimum absolute atomic E-state index is 0.161. The number of urea groups is 1. The number of hydrogen-bond acceptors (Lipinski definition) is 2. The van der Waals surface area contributed by atoms with E-state index in [1.807, 2.05) is 18.2 Å². The molecule has 1 N–H and O–H groups in total. The fourth-order valence-electron chi connectivity index (χ4n) is 2.51. The summed E-state index contributed by atoms with van der Waals surface area (Å²) in [5.74, 6) is -0.0899. The zero-order valence-corrected chi connectivity index (χ0v) is 13.4. The quantitative estimate of drug-likeness (QED) is 0.903. The van der Waals surface area contributed by atoms with Gasteiger partial charge in [0, 0.05) is 23.8 Å². The SMILES string of the molecule is O=C(Nc1ccncc1F)N1CC(Cc2ccccc2Br)C1. The predicted molar refractivity (Wildman–Crippen MR) is 86.1 cm³/mol. The van der Waals surface area contributed by atoms with Crippen LogP contribution in [0.5, 0.6) is 0 Å². The van der Waals surface area contributed by atoms with E-state index in [9.17, 15) is 9.18 Å². The minimum atomic E-state index is -0.527. The van der Waals surface area contributed by atoms with E-state index >= 15 is 0 Å². The van der Waals surface area contributed by atoms with Crippen molar-refractivity contribution in [2.75, 3.05) is 18.4 Å². The van der Waals surface area contributed by atoms with E-state index in [2.05, 4.69) is 32.3 Å². The molecule has 0 spiro atoms. The van der Waals surface area contributed by atoms with Crippen LogP contribution < -0.4 is 5.32 Å². The molecule has 22 heavy (non-hydrogen) atoms. The third-order valence-electron chi connectivity index (χ3n) is 3.72. The second kappa shape index (κ2) is 6.44. The van der Waals surface area contributed by atoms with Crippen LogP contribution in [0.2, 0.25) is 0 Å². The van der Waals surface area contributed by atoms with E-state index in [1.165, 1.54) is 17.8 Å². The molecule has 4 nitrogen and oxygen atoms in total. The van der Waals surface area contributed by atoms with Crippen molar-refractivity contribution in [1.29, 1.82) is 0 Å². The molecule has 6 heteroatoms. The molecule has 0 atom stereocenters. The molecule has 2 aromatic rings. The molecule has 1 aromatic carbocycles. The fraction of sp³-hybridized carbons (Fsp3) is 0.250. The number of carbonyl (C=O) groups is 1. The fourth-order valence-corrected chi connectivity index (χ4v) is 2.96. The Hall–Kier alpha value is -1.95. The standard InChI is InChI=1S/C16H15BrFN3O/c17-13-4-2-1-3-12(13)7-11-9-21(10-11)16(22)20-15-5-6-19-8-14(15)18/h1-6,8,11H,7,9-10H2,(H,19,20,22). The molecule has 0 bridgehead atoms. The minimum Gasteiger partial charge on any atom is -0.324 e. The van der Waals surface area contributed by atoms with Crippen molar-refractivity contribution < 1.29 is 9.18 Å². The molecular weight excluding hydrogens is 349 g/mol. The first-order chi connectivity index (χ1) is 10.6. The van der Waals surface area contributed by atoms with Crippen molar-refractivity contribution in [3.63, 3.8) is 0 Å². The maximum Gasteiger partial charge on any atom is 0.321 e. The van der Waals surface area contributed by atoms with Crippen LogP contribution >= 0.6 is 15.9 Å². The Morgan fingerprint density at radius 1 is 1.36 bits per heavy atom. The van der Waals surface area contributed by atoms with Crippen LogP contribution in [0.15, 0.2) is 47.2 Å². The summed E-state index contributed by atoms with van der Waals surface area (Å²) >= 11 is 3.53. The van der Waals surface area contributed by atoms with Crippen LogP contribution in [0.3, 0.4) is 0 Å². The van der Waals surface area contributed by atoms with Gasteiger partial charge in [0.1, 0.15) is 0 Å². The lowest BCUT2D eigenvalue weighted by Gasteiger charge is -2.39. The molecule has 3 rings (SSSR count). The number of anilines is 1. The Bertz CT molecular complexity index is 689. The third kappa shape index (κ3) is 3.27. The van der Waals surface area contributed by atoms with Crippen LogP contribution in [0.25, 0.3) is 0 Å². The second-order valence-electron chi connectivity index (χ2n) is 5.35. The summed E-state index contributed by atoms with van der Waals surface area (Å²) in [6.45, 7) is 1.36. The monoisotopic (exact) mass is 363 g/mol. The molecule has 2 heterocycles. The molecule has 1 aliphatic heterocycles. The number of carbonyl (C=O) groups excluding carboxylic acids is 1. The van der Waals surface area contributed by atoms with Crippen LogP contribution in [-0.2, 0) is 6.42 Å². The largest absolute Gasteiger partial charge is 0.324 e. The molecule has 2 amide bonds. The van der Waals surface area contributed by atoms with E-state index in [1.54, 1.807) is 4.90 Å². The topological polar surface area (TPSA) is 45.2 Å². The lowest BCUT2D eigenvalue weighted by molar-refractivity contribution is 0.131. The molecule has 1 aromatic heterocycles. The van der Waals surface area contributed by atoms with Crippen molar-refractivity contribution in [3.8, 4) is 0 Å². The van der Waals surface area contributed by atoms with E-state index in [4.69, 9.17) is 0 Å². The summed E-state index contributed by atoms with van der Waals surface area (Å²) < 4.78 is 14.5. The highest BCUT2D eigenvalue weighted by molar-refractivity contribution is 9.10. The number of likely N-dealkylation sites (tertiary alicyclic amines) is 1. The van der Waals surface area contributed by atoms with Gasteiger partial charge in [-0.15, -0.1) is 0 Å². The van der Waals surface area contributed by atoms with Crippen molar-refractivity contribution in [3.05, 3.63) is 58.6 Å². The van der Waals surface area contributed by atoms with Gasteiger partial charge < -0.3 is 10.2 Å². The molecule has 0 saturated carbocycles. The van der Waals surface area contributed by atoms with E-state index in [-0.39, 0.29) is 11.7 Å². The number of pyridine rings is 1. The van der Waals surface area contributed by atoms with Crippen LogP contribution in [-0.4, -0.2) is 29.0 Å². The number of nitrogens with one attached hydrogen (secondary N) is 1. The van der Waals surface area contributed by atoms with Gasteiger partial charge in [-0.2, -0.15) is 0 Å².